The molecule has 2 rings (SSSR count). The number of hydrogen-bond acceptors (Lipinski definition) is 5. The van der Waals surface area contributed by atoms with Crippen molar-refractivity contribution in [2.24, 2.45) is 10.3 Å². The summed E-state index contributed by atoms with van der Waals surface area (Å²) in [6.07, 6.45) is -0.0667. The molecule has 0 fully saturated rings. The average molecular weight is 227 g/mol. The van der Waals surface area contributed by atoms with E-state index in [0.717, 1.165) is 5.69 Å². The van der Waals surface area contributed by atoms with Gasteiger partial charge in [0, 0.05) is 0 Å². The predicted octanol–water partition coefficient (Wildman–Crippen LogP) is 2.15. The maximum Gasteiger partial charge on any atom is 0.150 e. The van der Waals surface area contributed by atoms with Crippen LogP contribution in [0.1, 0.15) is 5.56 Å². The van der Waals surface area contributed by atoms with Gasteiger partial charge in [0.2, 0.25) is 0 Å². The van der Waals surface area contributed by atoms with E-state index in [9.17, 15) is 0 Å². The van der Waals surface area contributed by atoms with Crippen molar-refractivity contribution < 1.29 is 0 Å². The van der Waals surface area contributed by atoms with Gasteiger partial charge in [-0.15, -0.1) is 5.11 Å². The lowest BCUT2D eigenvalue weighted by Gasteiger charge is -2.27. The molecule has 0 spiro atoms. The van der Waals surface area contributed by atoms with E-state index in [2.05, 4.69) is 23.0 Å². The van der Waals surface area contributed by atoms with Crippen LogP contribution in [0.5, 0.6) is 0 Å². The Morgan fingerprint density at radius 3 is 2.53 bits per heavy atom. The lowest BCUT2D eigenvalue weighted by molar-refractivity contribution is 0.333. The summed E-state index contributed by atoms with van der Waals surface area (Å²) in [6.45, 7) is 3.87. The van der Waals surface area contributed by atoms with Crippen LogP contribution < -0.4 is 5.01 Å². The van der Waals surface area contributed by atoms with Gasteiger partial charge in [-0.05, 0) is 38.4 Å². The molecule has 17 heavy (non-hydrogen) atoms. The number of likely N-dealkylation sites (N-methyl/N-ethyl adjacent to an activating group) is 1. The fourth-order valence-electron chi connectivity index (χ4n) is 1.75. The second-order valence-corrected chi connectivity index (χ2v) is 4.02. The molecule has 1 aliphatic heterocycles. The minimum Gasteiger partial charge on any atom is -0.283 e. The zero-order valence-corrected chi connectivity index (χ0v) is 9.83. The molecule has 86 valence electrons. The Morgan fingerprint density at radius 1 is 1.35 bits per heavy atom. The monoisotopic (exact) mass is 227 g/mol. The smallest absolute Gasteiger partial charge is 0.150 e. The summed E-state index contributed by atoms with van der Waals surface area (Å²) < 4.78 is 0. The molecular formula is C12H13N5. The number of rotatable bonds is 2. The Bertz CT molecular complexity index is 495. The van der Waals surface area contributed by atoms with E-state index in [1.54, 1.807) is 17.1 Å². The molecular weight excluding hydrogens is 214 g/mol. The third kappa shape index (κ3) is 2.03. The van der Waals surface area contributed by atoms with E-state index in [0.29, 0.717) is 11.3 Å². The minimum absolute atomic E-state index is 0.0667. The second kappa shape index (κ2) is 4.36. The molecule has 5 nitrogen and oxygen atoms in total. The zero-order chi connectivity index (χ0) is 12.4. The van der Waals surface area contributed by atoms with Crippen LogP contribution in [0.25, 0.3) is 0 Å². The fraction of sp³-hybridized carbons (Fsp3) is 0.250. The Kier molecular flexibility index (Phi) is 2.90. The third-order valence-electron chi connectivity index (χ3n) is 2.55. The molecule has 5 heteroatoms. The van der Waals surface area contributed by atoms with Crippen molar-refractivity contribution in [3.8, 4) is 6.07 Å². The number of benzene rings is 1. The van der Waals surface area contributed by atoms with Crippen molar-refractivity contribution >= 4 is 5.69 Å². The molecule has 1 atom stereocenters. The van der Waals surface area contributed by atoms with Gasteiger partial charge in [-0.3, -0.25) is 4.90 Å². The van der Waals surface area contributed by atoms with Crippen LogP contribution in [0.4, 0.5) is 5.69 Å². The largest absolute Gasteiger partial charge is 0.283 e. The molecule has 0 radical (unpaired) electrons. The van der Waals surface area contributed by atoms with Crippen LogP contribution in [0, 0.1) is 11.3 Å². The van der Waals surface area contributed by atoms with Crippen molar-refractivity contribution in [1.29, 1.82) is 5.26 Å². The Labute approximate surface area is 100 Å². The van der Waals surface area contributed by atoms with Crippen LogP contribution in [0.15, 0.2) is 46.9 Å². The van der Waals surface area contributed by atoms with Crippen LogP contribution in [0.3, 0.4) is 0 Å². The lowest BCUT2D eigenvalue weighted by Crippen LogP contribution is -2.40. The van der Waals surface area contributed by atoms with E-state index in [1.165, 1.54) is 0 Å². The average Bonchev–Trinajstić information content (AvgIpc) is 2.71. The number of anilines is 1. The third-order valence-corrected chi connectivity index (χ3v) is 2.55. The van der Waals surface area contributed by atoms with Crippen molar-refractivity contribution in [3.05, 3.63) is 42.1 Å². The molecule has 0 bridgehead atoms. The summed E-state index contributed by atoms with van der Waals surface area (Å²) in [5, 5.41) is 18.6. The summed E-state index contributed by atoms with van der Waals surface area (Å²) in [7, 11) is 3.89. The number of nitrogens with zero attached hydrogens (tertiary/aromatic N) is 5. The Balaban J connectivity index is 2.30. The first-order chi connectivity index (χ1) is 8.13. The van der Waals surface area contributed by atoms with Crippen LogP contribution in [0.2, 0.25) is 0 Å². The topological polar surface area (TPSA) is 55.0 Å². The molecule has 1 unspecified atom stereocenters. The van der Waals surface area contributed by atoms with Gasteiger partial charge < -0.3 is 0 Å². The maximum atomic E-state index is 8.75. The maximum absolute atomic E-state index is 8.75. The van der Waals surface area contributed by atoms with Gasteiger partial charge in [-0.25, -0.2) is 5.01 Å². The standard InChI is InChI=1S/C12H13N5/c1-9-12(16(2)3)17(15-14-9)11-6-4-10(8-13)5-7-11/h4-7,12H,1H2,2-3H3. The van der Waals surface area contributed by atoms with Crippen LogP contribution in [-0.2, 0) is 0 Å². The van der Waals surface area contributed by atoms with Gasteiger partial charge in [0.25, 0.3) is 0 Å². The number of hydrogen-bond donors (Lipinski definition) is 0. The quantitative estimate of drug-likeness (QED) is 0.777. The second-order valence-electron chi connectivity index (χ2n) is 4.02. The predicted molar refractivity (Wildman–Crippen MR) is 65.1 cm³/mol. The van der Waals surface area contributed by atoms with Crippen molar-refractivity contribution in [2.75, 3.05) is 19.1 Å². The molecule has 0 amide bonds. The first kappa shape index (κ1) is 11.3. The summed E-state index contributed by atoms with van der Waals surface area (Å²) >= 11 is 0. The van der Waals surface area contributed by atoms with Crippen LogP contribution >= 0.6 is 0 Å². The minimum atomic E-state index is -0.0667. The van der Waals surface area contributed by atoms with Crippen molar-refractivity contribution in [1.82, 2.24) is 4.90 Å². The molecule has 1 heterocycles. The summed E-state index contributed by atoms with van der Waals surface area (Å²) in [5.74, 6) is 0. The normalized spacial score (nSPS) is 18.8. The highest BCUT2D eigenvalue weighted by atomic mass is 15.6. The summed E-state index contributed by atoms with van der Waals surface area (Å²) in [6, 6.07) is 9.32. The zero-order valence-electron chi connectivity index (χ0n) is 9.83. The highest BCUT2D eigenvalue weighted by Crippen LogP contribution is 2.28. The first-order valence-corrected chi connectivity index (χ1v) is 5.20. The molecule has 0 aromatic heterocycles. The highest BCUT2D eigenvalue weighted by Gasteiger charge is 2.29. The van der Waals surface area contributed by atoms with Gasteiger partial charge in [0.05, 0.1) is 23.0 Å². The molecule has 0 N–H and O–H groups in total. The van der Waals surface area contributed by atoms with E-state index in [1.807, 2.05) is 31.1 Å². The van der Waals surface area contributed by atoms with Gasteiger partial charge >= 0.3 is 0 Å². The Morgan fingerprint density at radius 2 is 2.00 bits per heavy atom. The molecule has 1 aliphatic rings. The molecule has 0 saturated heterocycles. The Hall–Kier alpha value is -2.19. The van der Waals surface area contributed by atoms with Gasteiger partial charge in [-0.2, -0.15) is 5.26 Å². The summed E-state index contributed by atoms with van der Waals surface area (Å²) in [5.41, 5.74) is 2.23. The van der Waals surface area contributed by atoms with E-state index in [4.69, 9.17) is 5.26 Å². The fourth-order valence-corrected chi connectivity index (χ4v) is 1.75. The molecule has 1 aromatic carbocycles. The van der Waals surface area contributed by atoms with E-state index >= 15 is 0 Å². The van der Waals surface area contributed by atoms with Crippen LogP contribution in [-0.4, -0.2) is 25.2 Å². The van der Waals surface area contributed by atoms with Gasteiger partial charge in [-0.1, -0.05) is 11.8 Å². The lowest BCUT2D eigenvalue weighted by atomic mass is 10.2. The van der Waals surface area contributed by atoms with Crippen molar-refractivity contribution in [3.63, 3.8) is 0 Å². The molecule has 0 saturated carbocycles. The van der Waals surface area contributed by atoms with Gasteiger partial charge in [0.15, 0.2) is 0 Å². The SMILES string of the molecule is C=C1N=NN(c2ccc(C#N)cc2)C1N(C)C. The molecule has 1 aromatic rings. The van der Waals surface area contributed by atoms with Gasteiger partial charge in [0.1, 0.15) is 6.17 Å². The highest BCUT2D eigenvalue weighted by molar-refractivity contribution is 5.51. The molecule has 0 aliphatic carbocycles. The van der Waals surface area contributed by atoms with E-state index in [-0.39, 0.29) is 6.17 Å². The number of nitriles is 1. The van der Waals surface area contributed by atoms with Crippen molar-refractivity contribution in [2.45, 2.75) is 6.17 Å². The van der Waals surface area contributed by atoms with E-state index < -0.39 is 0 Å². The first-order valence-electron chi connectivity index (χ1n) is 5.20. The summed E-state index contributed by atoms with van der Waals surface area (Å²) in [4.78, 5) is 1.99.